The van der Waals surface area contributed by atoms with E-state index in [1.54, 1.807) is 36.5 Å². The second-order valence-electron chi connectivity index (χ2n) is 6.49. The molecule has 1 saturated carbocycles. The highest BCUT2D eigenvalue weighted by Crippen LogP contribution is 2.49. The molecule has 0 saturated heterocycles. The normalized spacial score (nSPS) is 17.3. The highest BCUT2D eigenvalue weighted by molar-refractivity contribution is 6.30. The number of nitrogens with one attached hydrogen (secondary N) is 1. The number of amides is 1. The van der Waals surface area contributed by atoms with Gasteiger partial charge in [-0.15, -0.1) is 0 Å². The molecule has 1 fully saturated rings. The van der Waals surface area contributed by atoms with Crippen LogP contribution in [0.3, 0.4) is 0 Å². The van der Waals surface area contributed by atoms with Crippen LogP contribution in [0.25, 0.3) is 0 Å². The molecule has 25 heavy (non-hydrogen) atoms. The van der Waals surface area contributed by atoms with Crippen molar-refractivity contribution in [3.63, 3.8) is 0 Å². The Morgan fingerprint density at radius 3 is 2.52 bits per heavy atom. The Labute approximate surface area is 150 Å². The van der Waals surface area contributed by atoms with Crippen LogP contribution in [0.5, 0.6) is 11.5 Å². The van der Waals surface area contributed by atoms with Gasteiger partial charge >= 0.3 is 0 Å². The monoisotopic (exact) mass is 356 g/mol. The highest BCUT2D eigenvalue weighted by atomic mass is 35.5. The van der Waals surface area contributed by atoms with Crippen molar-refractivity contribution in [2.75, 3.05) is 13.2 Å². The highest BCUT2D eigenvalue weighted by Gasteiger charge is 2.46. The summed E-state index contributed by atoms with van der Waals surface area (Å²) in [6.07, 6.45) is 3.83. The zero-order chi connectivity index (χ0) is 17.3. The van der Waals surface area contributed by atoms with Crippen LogP contribution < -0.4 is 14.9 Å². The Kier molecular flexibility index (Phi) is 4.09. The summed E-state index contributed by atoms with van der Waals surface area (Å²) in [4.78, 5) is 12.3. The minimum absolute atomic E-state index is 0.171. The summed E-state index contributed by atoms with van der Waals surface area (Å²) in [5.41, 5.74) is 4.01. The molecule has 128 valence electrons. The van der Waals surface area contributed by atoms with Crippen LogP contribution >= 0.6 is 11.6 Å². The van der Waals surface area contributed by atoms with E-state index in [2.05, 4.69) is 10.5 Å². The molecule has 2 aliphatic rings. The van der Waals surface area contributed by atoms with Gasteiger partial charge in [-0.3, -0.25) is 4.79 Å². The van der Waals surface area contributed by atoms with Crippen molar-refractivity contribution < 1.29 is 14.3 Å². The van der Waals surface area contributed by atoms with E-state index < -0.39 is 0 Å². The third kappa shape index (κ3) is 3.61. The number of carbonyl (C=O) groups excluding carboxylic acids is 1. The molecular formula is C19H17ClN2O3. The number of fused-ring (bicyclic) bond motifs is 1. The molecule has 0 radical (unpaired) electrons. The summed E-state index contributed by atoms with van der Waals surface area (Å²) < 4.78 is 11.7. The number of hydrogen-bond donors (Lipinski definition) is 1. The topological polar surface area (TPSA) is 59.9 Å². The summed E-state index contributed by atoms with van der Waals surface area (Å²) in [5, 5.41) is 4.63. The van der Waals surface area contributed by atoms with E-state index in [1.807, 2.05) is 12.1 Å². The van der Waals surface area contributed by atoms with Gasteiger partial charge in [0.2, 0.25) is 0 Å². The summed E-state index contributed by atoms with van der Waals surface area (Å²) in [6, 6.07) is 12.3. The van der Waals surface area contributed by atoms with Crippen LogP contribution in [0.1, 0.15) is 28.8 Å². The molecule has 1 amide bonds. The molecule has 2 aromatic rings. The van der Waals surface area contributed by atoms with Gasteiger partial charge in [-0.25, -0.2) is 5.43 Å². The van der Waals surface area contributed by atoms with E-state index >= 15 is 0 Å². The van der Waals surface area contributed by atoms with E-state index in [0.717, 1.165) is 18.4 Å². The third-order valence-electron chi connectivity index (χ3n) is 4.48. The molecule has 5 nitrogen and oxygen atoms in total. The molecular weight excluding hydrogens is 340 g/mol. The Bertz CT molecular complexity index is 829. The Morgan fingerprint density at radius 1 is 1.08 bits per heavy atom. The fourth-order valence-electron chi connectivity index (χ4n) is 2.63. The predicted molar refractivity (Wildman–Crippen MR) is 95.6 cm³/mol. The van der Waals surface area contributed by atoms with Crippen LogP contribution in [0, 0.1) is 5.41 Å². The van der Waals surface area contributed by atoms with Gasteiger partial charge in [0, 0.05) is 16.0 Å². The summed E-state index contributed by atoms with van der Waals surface area (Å²) in [6.45, 7) is 1.32. The lowest BCUT2D eigenvalue weighted by molar-refractivity contribution is 0.0954. The molecule has 0 unspecified atom stereocenters. The average Bonchev–Trinajstić information content (AvgIpc) is 3.43. The number of hydrogen-bond acceptors (Lipinski definition) is 4. The zero-order valence-electron chi connectivity index (χ0n) is 13.5. The number of halogens is 1. The van der Waals surface area contributed by atoms with Crippen LogP contribution in [0.2, 0.25) is 5.02 Å². The van der Waals surface area contributed by atoms with Crippen molar-refractivity contribution in [2.24, 2.45) is 10.5 Å². The second-order valence-corrected chi connectivity index (χ2v) is 6.93. The summed E-state index contributed by atoms with van der Waals surface area (Å²) >= 11 is 5.83. The molecule has 1 N–H and O–H groups in total. The number of benzene rings is 2. The van der Waals surface area contributed by atoms with E-state index in [0.29, 0.717) is 35.3 Å². The van der Waals surface area contributed by atoms with Gasteiger partial charge in [0.25, 0.3) is 5.91 Å². The minimum Gasteiger partial charge on any atom is -0.489 e. The van der Waals surface area contributed by atoms with Crippen LogP contribution in [0.4, 0.5) is 0 Å². The fourth-order valence-corrected chi connectivity index (χ4v) is 2.75. The van der Waals surface area contributed by atoms with Crippen molar-refractivity contribution in [3.8, 4) is 11.5 Å². The lowest BCUT2D eigenvalue weighted by Crippen LogP contribution is -2.18. The van der Waals surface area contributed by atoms with E-state index in [-0.39, 0.29) is 11.3 Å². The first-order valence-electron chi connectivity index (χ1n) is 8.12. The minimum atomic E-state index is -0.304. The number of ether oxygens (including phenoxy) is 2. The number of hydrazone groups is 1. The van der Waals surface area contributed by atoms with Gasteiger partial charge in [-0.1, -0.05) is 23.7 Å². The van der Waals surface area contributed by atoms with Gasteiger partial charge in [0.05, 0.1) is 19.4 Å². The number of rotatable bonds is 3. The van der Waals surface area contributed by atoms with Gasteiger partial charge in [-0.2, -0.15) is 5.10 Å². The number of nitrogens with zero attached hydrogens (tertiary/aromatic N) is 1. The molecule has 4 rings (SSSR count). The Hall–Kier alpha value is -2.53. The van der Waals surface area contributed by atoms with Gasteiger partial charge in [0.15, 0.2) is 11.5 Å². The Morgan fingerprint density at radius 2 is 1.80 bits per heavy atom. The molecule has 2 aromatic carbocycles. The van der Waals surface area contributed by atoms with Crippen molar-refractivity contribution in [2.45, 2.75) is 12.8 Å². The maximum atomic E-state index is 12.3. The van der Waals surface area contributed by atoms with Crippen molar-refractivity contribution >= 4 is 23.7 Å². The van der Waals surface area contributed by atoms with Gasteiger partial charge in [-0.05, 0) is 48.7 Å². The first-order valence-corrected chi connectivity index (χ1v) is 8.50. The van der Waals surface area contributed by atoms with Crippen LogP contribution in [0.15, 0.2) is 47.6 Å². The van der Waals surface area contributed by atoms with E-state index in [4.69, 9.17) is 21.1 Å². The third-order valence-corrected chi connectivity index (χ3v) is 4.73. The lowest BCUT2D eigenvalue weighted by atomic mass is 10.1. The molecule has 0 aromatic heterocycles. The molecule has 0 bridgehead atoms. The lowest BCUT2D eigenvalue weighted by Gasteiger charge is -2.09. The molecule has 1 aliphatic heterocycles. The molecule has 1 aliphatic carbocycles. The van der Waals surface area contributed by atoms with Gasteiger partial charge in [0.1, 0.15) is 0 Å². The molecule has 0 atom stereocenters. The smallest absolute Gasteiger partial charge is 0.271 e. The zero-order valence-corrected chi connectivity index (χ0v) is 14.3. The molecule has 1 spiro atoms. The average molecular weight is 357 g/mol. The first-order chi connectivity index (χ1) is 12.1. The largest absolute Gasteiger partial charge is 0.489 e. The standard InChI is InChI=1S/C19H17ClN2O3/c20-15-4-1-13(2-5-15)10-21-22-18(23)14-3-6-16-17(9-14)25-12-19(7-8-19)11-24-16/h1-6,9-10H,7-8,11-12H2,(H,22,23)/b21-10+. The van der Waals surface area contributed by atoms with Crippen LogP contribution in [-0.2, 0) is 0 Å². The molecule has 1 heterocycles. The van der Waals surface area contributed by atoms with E-state index in [9.17, 15) is 4.79 Å². The van der Waals surface area contributed by atoms with Crippen molar-refractivity contribution in [3.05, 3.63) is 58.6 Å². The quantitative estimate of drug-likeness (QED) is 0.674. The number of carbonyl (C=O) groups is 1. The van der Waals surface area contributed by atoms with Gasteiger partial charge < -0.3 is 9.47 Å². The Balaban J connectivity index is 1.42. The maximum absolute atomic E-state index is 12.3. The fraction of sp³-hybridized carbons (Fsp3) is 0.263. The summed E-state index contributed by atoms with van der Waals surface area (Å²) in [5.74, 6) is 0.991. The maximum Gasteiger partial charge on any atom is 0.271 e. The van der Waals surface area contributed by atoms with Crippen LogP contribution in [-0.4, -0.2) is 25.3 Å². The van der Waals surface area contributed by atoms with Crippen molar-refractivity contribution in [1.82, 2.24) is 5.43 Å². The molecule has 6 heteroatoms. The predicted octanol–water partition coefficient (Wildman–Crippen LogP) is 3.66. The summed E-state index contributed by atoms with van der Waals surface area (Å²) in [7, 11) is 0. The second kappa shape index (κ2) is 6.41. The van der Waals surface area contributed by atoms with E-state index in [1.165, 1.54) is 0 Å². The van der Waals surface area contributed by atoms with Crippen molar-refractivity contribution in [1.29, 1.82) is 0 Å². The first kappa shape index (κ1) is 16.0. The SMILES string of the molecule is O=C(N/N=C/c1ccc(Cl)cc1)c1ccc2c(c1)OCC1(CC1)CO2.